The van der Waals surface area contributed by atoms with Gasteiger partial charge in [0.2, 0.25) is 17.7 Å². The minimum atomic E-state index is -1.28. The summed E-state index contributed by atoms with van der Waals surface area (Å²) < 4.78 is 5.27. The summed E-state index contributed by atoms with van der Waals surface area (Å²) in [5.74, 6) is -1.69. The summed E-state index contributed by atoms with van der Waals surface area (Å²) in [6.07, 6.45) is 0.405. The Morgan fingerprint density at radius 2 is 1.71 bits per heavy atom. The highest BCUT2D eigenvalue weighted by Gasteiger charge is 2.37. The van der Waals surface area contributed by atoms with Crippen molar-refractivity contribution < 1.29 is 23.9 Å². The van der Waals surface area contributed by atoms with Crippen LogP contribution >= 0.6 is 0 Å². The molecule has 9 nitrogen and oxygen atoms in total. The van der Waals surface area contributed by atoms with E-state index >= 15 is 0 Å². The highest BCUT2D eigenvalue weighted by Crippen LogP contribution is 2.27. The topological polar surface area (TPSA) is 131 Å². The fourth-order valence-electron chi connectivity index (χ4n) is 3.93. The molecule has 3 atom stereocenters. The summed E-state index contributed by atoms with van der Waals surface area (Å²) in [5, 5.41) is 5.47. The monoisotopic (exact) mass is 490 g/mol. The molecule has 0 bridgehead atoms. The third kappa shape index (κ3) is 9.58. The van der Waals surface area contributed by atoms with Crippen LogP contribution in [0.2, 0.25) is 0 Å². The van der Waals surface area contributed by atoms with Crippen LogP contribution in [0.15, 0.2) is 18.2 Å². The highest BCUT2D eigenvalue weighted by molar-refractivity contribution is 5.94. The predicted octanol–water partition coefficient (Wildman–Crippen LogP) is 3.27. The fourth-order valence-corrected chi connectivity index (χ4v) is 3.93. The van der Waals surface area contributed by atoms with Gasteiger partial charge in [-0.25, -0.2) is 4.79 Å². The Bertz CT molecular complexity index is 909. The number of amides is 4. The van der Waals surface area contributed by atoms with E-state index in [1.54, 1.807) is 27.7 Å². The van der Waals surface area contributed by atoms with Crippen molar-refractivity contribution in [3.8, 4) is 0 Å². The number of benzene rings is 1. The molecule has 35 heavy (non-hydrogen) atoms. The second-order valence-electron chi connectivity index (χ2n) is 9.95. The lowest BCUT2D eigenvalue weighted by Crippen LogP contribution is -2.54. The Morgan fingerprint density at radius 3 is 2.20 bits per heavy atom. The lowest BCUT2D eigenvalue weighted by atomic mass is 9.96. The standard InChI is InChI=1S/C26H42N4O5/c1-9-11-18(5)28-23(32)22(19-13-12-16(3)14-17(19)4)30(10-2)24(33)20(15-21(27)31)29-25(34)35-26(6,7)8/h12-14,18,20,22H,9-11,15H2,1-8H3,(H2,27,31)(H,28,32)(H,29,34). The molecule has 196 valence electrons. The van der Waals surface area contributed by atoms with Crippen LogP contribution < -0.4 is 16.4 Å². The third-order valence-corrected chi connectivity index (χ3v) is 5.41. The van der Waals surface area contributed by atoms with Crippen molar-refractivity contribution in [3.63, 3.8) is 0 Å². The molecule has 0 heterocycles. The molecule has 0 saturated heterocycles. The zero-order valence-corrected chi connectivity index (χ0v) is 22.4. The molecular formula is C26H42N4O5. The molecule has 0 fully saturated rings. The van der Waals surface area contributed by atoms with E-state index in [1.165, 1.54) is 4.90 Å². The van der Waals surface area contributed by atoms with Crippen LogP contribution in [0, 0.1) is 13.8 Å². The predicted molar refractivity (Wildman–Crippen MR) is 136 cm³/mol. The molecule has 0 saturated carbocycles. The zero-order valence-electron chi connectivity index (χ0n) is 22.4. The van der Waals surface area contributed by atoms with Crippen molar-refractivity contribution in [3.05, 3.63) is 34.9 Å². The first-order valence-corrected chi connectivity index (χ1v) is 12.2. The summed E-state index contributed by atoms with van der Waals surface area (Å²) in [4.78, 5) is 52.7. The Hall–Kier alpha value is -3.10. The molecule has 3 unspecified atom stereocenters. The van der Waals surface area contributed by atoms with Gasteiger partial charge < -0.3 is 26.0 Å². The van der Waals surface area contributed by atoms with Crippen LogP contribution in [0.3, 0.4) is 0 Å². The van der Waals surface area contributed by atoms with Gasteiger partial charge in [0.25, 0.3) is 0 Å². The lowest BCUT2D eigenvalue weighted by Gasteiger charge is -2.34. The Morgan fingerprint density at radius 1 is 1.09 bits per heavy atom. The molecule has 0 spiro atoms. The number of carbonyl (C=O) groups is 4. The van der Waals surface area contributed by atoms with Crippen LogP contribution in [0.4, 0.5) is 4.79 Å². The quantitative estimate of drug-likeness (QED) is 0.438. The van der Waals surface area contributed by atoms with Gasteiger partial charge in [-0.1, -0.05) is 37.1 Å². The number of primary amides is 1. The van der Waals surface area contributed by atoms with E-state index < -0.39 is 42.0 Å². The lowest BCUT2D eigenvalue weighted by molar-refractivity contribution is -0.143. The Labute approximate surface area is 209 Å². The molecule has 4 N–H and O–H groups in total. The number of carbonyl (C=O) groups excluding carboxylic acids is 4. The second kappa shape index (κ2) is 13.1. The number of rotatable bonds is 11. The molecule has 4 amide bonds. The highest BCUT2D eigenvalue weighted by atomic mass is 16.6. The van der Waals surface area contributed by atoms with Crippen LogP contribution in [-0.4, -0.2) is 52.9 Å². The summed E-state index contributed by atoms with van der Waals surface area (Å²) in [5.41, 5.74) is 7.13. The van der Waals surface area contributed by atoms with Gasteiger partial charge in [-0.15, -0.1) is 0 Å². The second-order valence-corrected chi connectivity index (χ2v) is 9.95. The van der Waals surface area contributed by atoms with E-state index in [-0.39, 0.29) is 18.5 Å². The van der Waals surface area contributed by atoms with Crippen molar-refractivity contribution in [1.82, 2.24) is 15.5 Å². The molecule has 0 aliphatic heterocycles. The molecule has 9 heteroatoms. The minimum absolute atomic E-state index is 0.0872. The van der Waals surface area contributed by atoms with Crippen LogP contribution in [0.1, 0.15) is 83.5 Å². The Balaban J connectivity index is 3.44. The molecule has 1 aromatic rings. The fraction of sp³-hybridized carbons (Fsp3) is 0.615. The number of ether oxygens (including phenoxy) is 1. The SMILES string of the molecule is CCCC(C)NC(=O)C(c1ccc(C)cc1C)N(CC)C(=O)C(CC(N)=O)NC(=O)OC(C)(C)C. The van der Waals surface area contributed by atoms with Gasteiger partial charge in [0.1, 0.15) is 17.7 Å². The minimum Gasteiger partial charge on any atom is -0.444 e. The van der Waals surface area contributed by atoms with Gasteiger partial charge in [0.05, 0.1) is 6.42 Å². The average Bonchev–Trinajstić information content (AvgIpc) is 2.70. The molecule has 1 aromatic carbocycles. The van der Waals surface area contributed by atoms with Gasteiger partial charge in [0.15, 0.2) is 0 Å². The number of nitrogens with one attached hydrogen (secondary N) is 2. The number of nitrogens with zero attached hydrogens (tertiary/aromatic N) is 1. The van der Waals surface area contributed by atoms with Crippen molar-refractivity contribution >= 4 is 23.8 Å². The number of aryl methyl sites for hydroxylation is 2. The largest absolute Gasteiger partial charge is 0.444 e. The first kappa shape index (κ1) is 29.9. The maximum absolute atomic E-state index is 13.7. The van der Waals surface area contributed by atoms with Crippen LogP contribution in [0.5, 0.6) is 0 Å². The smallest absolute Gasteiger partial charge is 0.408 e. The van der Waals surface area contributed by atoms with Crippen LogP contribution in [-0.2, 0) is 19.1 Å². The van der Waals surface area contributed by atoms with E-state index in [0.717, 1.165) is 24.0 Å². The summed E-state index contributed by atoms with van der Waals surface area (Å²) in [6, 6.07) is 3.34. The zero-order chi connectivity index (χ0) is 26.9. The van der Waals surface area contributed by atoms with Gasteiger partial charge in [-0.3, -0.25) is 14.4 Å². The molecular weight excluding hydrogens is 448 g/mol. The average molecular weight is 491 g/mol. The van der Waals surface area contributed by atoms with E-state index in [1.807, 2.05) is 45.9 Å². The summed E-state index contributed by atoms with van der Waals surface area (Å²) >= 11 is 0. The molecule has 0 aliphatic carbocycles. The van der Waals surface area contributed by atoms with Crippen molar-refractivity contribution in [2.75, 3.05) is 6.54 Å². The van der Waals surface area contributed by atoms with Crippen molar-refractivity contribution in [1.29, 1.82) is 0 Å². The maximum atomic E-state index is 13.7. The van der Waals surface area contributed by atoms with Gasteiger partial charge in [-0.2, -0.15) is 0 Å². The van der Waals surface area contributed by atoms with Gasteiger partial charge >= 0.3 is 6.09 Å². The Kier molecular flexibility index (Phi) is 11.2. The number of alkyl carbamates (subject to hydrolysis) is 1. The van der Waals surface area contributed by atoms with Crippen molar-refractivity contribution in [2.45, 2.75) is 98.4 Å². The van der Waals surface area contributed by atoms with Crippen molar-refractivity contribution in [2.24, 2.45) is 5.73 Å². The third-order valence-electron chi connectivity index (χ3n) is 5.41. The molecule has 1 rings (SSSR count). The summed E-state index contributed by atoms with van der Waals surface area (Å²) in [6.45, 7) is 14.8. The molecule has 0 aliphatic rings. The number of hydrogen-bond donors (Lipinski definition) is 3. The number of hydrogen-bond acceptors (Lipinski definition) is 5. The molecule has 0 radical (unpaired) electrons. The summed E-state index contributed by atoms with van der Waals surface area (Å²) in [7, 11) is 0. The van der Waals surface area contributed by atoms with Crippen LogP contribution in [0.25, 0.3) is 0 Å². The first-order valence-electron chi connectivity index (χ1n) is 12.2. The number of nitrogens with two attached hydrogens (primary N) is 1. The van der Waals surface area contributed by atoms with E-state index in [2.05, 4.69) is 10.6 Å². The van der Waals surface area contributed by atoms with E-state index in [0.29, 0.717) is 5.56 Å². The molecule has 0 aromatic heterocycles. The number of likely N-dealkylation sites (N-methyl/N-ethyl adjacent to an activating group) is 1. The van der Waals surface area contributed by atoms with Gasteiger partial charge in [-0.05, 0) is 66.0 Å². The van der Waals surface area contributed by atoms with E-state index in [4.69, 9.17) is 10.5 Å². The van der Waals surface area contributed by atoms with E-state index in [9.17, 15) is 19.2 Å². The van der Waals surface area contributed by atoms with Gasteiger partial charge in [0, 0.05) is 12.6 Å². The maximum Gasteiger partial charge on any atom is 0.408 e. The normalized spacial score (nSPS) is 13.8. The first-order chi connectivity index (χ1) is 16.2.